The third kappa shape index (κ3) is 4.24. The van der Waals surface area contributed by atoms with Crippen molar-refractivity contribution >= 4 is 11.8 Å². The lowest BCUT2D eigenvalue weighted by Crippen LogP contribution is -2.47. The molecule has 1 aliphatic heterocycles. The Balaban J connectivity index is 1.50. The maximum absolute atomic E-state index is 12.3. The largest absolute Gasteiger partial charge is 0.349 e. The van der Waals surface area contributed by atoms with Crippen LogP contribution in [0, 0.1) is 11.8 Å². The summed E-state index contributed by atoms with van der Waals surface area (Å²) in [6.07, 6.45) is 7.19. The third-order valence-electron chi connectivity index (χ3n) is 5.05. The number of rotatable bonds is 5. The minimum atomic E-state index is -0.388. The molecule has 24 heavy (non-hydrogen) atoms. The van der Waals surface area contributed by atoms with E-state index in [4.69, 9.17) is 0 Å². The van der Waals surface area contributed by atoms with Gasteiger partial charge in [0.15, 0.2) is 0 Å². The Morgan fingerprint density at radius 3 is 2.71 bits per heavy atom. The first-order valence-corrected chi connectivity index (χ1v) is 8.81. The molecule has 2 aliphatic rings. The van der Waals surface area contributed by atoms with E-state index < -0.39 is 0 Å². The zero-order valence-electron chi connectivity index (χ0n) is 13.8. The van der Waals surface area contributed by atoms with Crippen molar-refractivity contribution in [2.45, 2.75) is 51.5 Å². The second-order valence-electron chi connectivity index (χ2n) is 6.88. The highest BCUT2D eigenvalue weighted by molar-refractivity contribution is 5.83. The van der Waals surface area contributed by atoms with Gasteiger partial charge in [-0.15, -0.1) is 0 Å². The Kier molecular flexibility index (Phi) is 5.32. The number of nitrogens with one attached hydrogen (secondary N) is 3. The summed E-state index contributed by atoms with van der Waals surface area (Å²) in [5.74, 6) is 0.885. The molecule has 3 rings (SSSR count). The van der Waals surface area contributed by atoms with E-state index in [1.54, 1.807) is 0 Å². The number of hydrogen-bond donors (Lipinski definition) is 3. The Morgan fingerprint density at radius 2 is 2.00 bits per heavy atom. The van der Waals surface area contributed by atoms with Crippen molar-refractivity contribution in [3.63, 3.8) is 0 Å². The molecule has 2 amide bonds. The van der Waals surface area contributed by atoms with Crippen molar-refractivity contribution in [3.05, 3.63) is 16.3 Å². The average Bonchev–Trinajstić information content (AvgIpc) is 3.01. The molecule has 8 nitrogen and oxygen atoms in total. The van der Waals surface area contributed by atoms with Crippen LogP contribution in [0.3, 0.4) is 0 Å². The van der Waals surface area contributed by atoms with E-state index in [-0.39, 0.29) is 30.0 Å². The van der Waals surface area contributed by atoms with Gasteiger partial charge in [-0.3, -0.25) is 14.6 Å². The SMILES string of the molecule is O=C(NCc1n[nH]c(=O)[nH]1)[C@H]1CCC(=O)N(CC2CCCCC2)C1. The first-order valence-electron chi connectivity index (χ1n) is 8.81. The Labute approximate surface area is 140 Å². The summed E-state index contributed by atoms with van der Waals surface area (Å²) < 4.78 is 0. The number of amides is 2. The molecule has 0 spiro atoms. The van der Waals surface area contributed by atoms with E-state index in [1.807, 2.05) is 4.90 Å². The summed E-state index contributed by atoms with van der Waals surface area (Å²) >= 11 is 0. The Hall–Kier alpha value is -2.12. The number of piperidine rings is 1. The van der Waals surface area contributed by atoms with Crippen molar-refractivity contribution in [1.29, 1.82) is 0 Å². The van der Waals surface area contributed by atoms with Crippen LogP contribution >= 0.6 is 0 Å². The highest BCUT2D eigenvalue weighted by Gasteiger charge is 2.31. The van der Waals surface area contributed by atoms with E-state index >= 15 is 0 Å². The zero-order chi connectivity index (χ0) is 16.9. The number of aromatic amines is 2. The molecule has 1 atom stereocenters. The van der Waals surface area contributed by atoms with Crippen LogP contribution in [-0.4, -0.2) is 45.0 Å². The summed E-state index contributed by atoms with van der Waals surface area (Å²) in [7, 11) is 0. The van der Waals surface area contributed by atoms with Crippen LogP contribution in [-0.2, 0) is 16.1 Å². The molecule has 3 N–H and O–H groups in total. The molecule has 1 saturated heterocycles. The number of carbonyl (C=O) groups is 2. The molecule has 0 radical (unpaired) electrons. The molecule has 1 aromatic heterocycles. The third-order valence-corrected chi connectivity index (χ3v) is 5.05. The van der Waals surface area contributed by atoms with Gasteiger partial charge in [0, 0.05) is 19.5 Å². The van der Waals surface area contributed by atoms with Gasteiger partial charge in [-0.2, -0.15) is 5.10 Å². The molecule has 0 unspecified atom stereocenters. The van der Waals surface area contributed by atoms with Crippen molar-refractivity contribution in [1.82, 2.24) is 25.4 Å². The Morgan fingerprint density at radius 1 is 1.21 bits per heavy atom. The topological polar surface area (TPSA) is 111 Å². The van der Waals surface area contributed by atoms with Crippen molar-refractivity contribution in [3.8, 4) is 0 Å². The Bertz CT molecular complexity index is 632. The quantitative estimate of drug-likeness (QED) is 0.729. The predicted molar refractivity (Wildman–Crippen MR) is 86.9 cm³/mol. The number of hydrogen-bond acceptors (Lipinski definition) is 4. The van der Waals surface area contributed by atoms with Gasteiger partial charge in [-0.25, -0.2) is 9.89 Å². The van der Waals surface area contributed by atoms with E-state index in [1.165, 1.54) is 32.1 Å². The molecular weight excluding hydrogens is 310 g/mol. The summed E-state index contributed by atoms with van der Waals surface area (Å²) in [4.78, 5) is 39.9. The van der Waals surface area contributed by atoms with Gasteiger partial charge in [0.25, 0.3) is 0 Å². The number of carbonyl (C=O) groups excluding carboxylic acids is 2. The van der Waals surface area contributed by atoms with Crippen molar-refractivity contribution in [2.24, 2.45) is 11.8 Å². The van der Waals surface area contributed by atoms with Gasteiger partial charge in [0.05, 0.1) is 12.5 Å². The van der Waals surface area contributed by atoms with E-state index in [0.29, 0.717) is 31.1 Å². The lowest BCUT2D eigenvalue weighted by atomic mass is 9.87. The zero-order valence-corrected chi connectivity index (χ0v) is 13.8. The molecule has 132 valence electrons. The second kappa shape index (κ2) is 7.63. The van der Waals surface area contributed by atoms with Crippen LogP contribution in [0.5, 0.6) is 0 Å². The fourth-order valence-electron chi connectivity index (χ4n) is 3.69. The average molecular weight is 335 g/mol. The molecular formula is C16H25N5O3. The number of H-pyrrole nitrogens is 2. The van der Waals surface area contributed by atoms with Crippen LogP contribution in [0.4, 0.5) is 0 Å². The van der Waals surface area contributed by atoms with Gasteiger partial charge in [0.2, 0.25) is 11.8 Å². The molecule has 1 saturated carbocycles. The lowest BCUT2D eigenvalue weighted by molar-refractivity contribution is -0.139. The standard InChI is InChI=1S/C16H25N5O3/c22-14-7-6-12(10-21(14)9-11-4-2-1-3-5-11)15(23)17-8-13-18-16(24)20-19-13/h11-12H,1-10H2,(H,17,23)(H2,18,19,20,24)/t12-/m0/s1. The summed E-state index contributed by atoms with van der Waals surface area (Å²) in [5.41, 5.74) is -0.388. The van der Waals surface area contributed by atoms with Crippen LogP contribution in [0.1, 0.15) is 50.8 Å². The van der Waals surface area contributed by atoms with E-state index in [9.17, 15) is 14.4 Å². The van der Waals surface area contributed by atoms with Gasteiger partial charge < -0.3 is 10.2 Å². The number of nitrogens with zero attached hydrogens (tertiary/aromatic N) is 2. The van der Waals surface area contributed by atoms with Gasteiger partial charge in [-0.1, -0.05) is 19.3 Å². The molecule has 2 fully saturated rings. The maximum atomic E-state index is 12.3. The molecule has 0 bridgehead atoms. The van der Waals surface area contributed by atoms with Crippen molar-refractivity contribution < 1.29 is 9.59 Å². The smallest absolute Gasteiger partial charge is 0.340 e. The molecule has 2 heterocycles. The summed E-state index contributed by atoms with van der Waals surface area (Å²) in [5, 5.41) is 8.82. The second-order valence-corrected chi connectivity index (χ2v) is 6.88. The van der Waals surface area contributed by atoms with Gasteiger partial charge in [-0.05, 0) is 25.2 Å². The van der Waals surface area contributed by atoms with Crippen LogP contribution in [0.25, 0.3) is 0 Å². The monoisotopic (exact) mass is 335 g/mol. The fraction of sp³-hybridized carbons (Fsp3) is 0.750. The molecule has 8 heteroatoms. The minimum Gasteiger partial charge on any atom is -0.349 e. The normalized spacial score (nSPS) is 22.6. The van der Waals surface area contributed by atoms with Crippen LogP contribution in [0.15, 0.2) is 4.79 Å². The number of aromatic nitrogens is 3. The molecule has 1 aliphatic carbocycles. The highest BCUT2D eigenvalue weighted by Crippen LogP contribution is 2.27. The molecule has 1 aromatic rings. The van der Waals surface area contributed by atoms with Crippen LogP contribution < -0.4 is 11.0 Å². The summed E-state index contributed by atoms with van der Waals surface area (Å²) in [6.45, 7) is 1.47. The fourth-order valence-corrected chi connectivity index (χ4v) is 3.69. The number of likely N-dealkylation sites (tertiary alicyclic amines) is 1. The summed E-state index contributed by atoms with van der Waals surface area (Å²) in [6, 6.07) is 0. The van der Waals surface area contributed by atoms with Gasteiger partial charge in [0.1, 0.15) is 5.82 Å². The maximum Gasteiger partial charge on any atom is 0.340 e. The van der Waals surface area contributed by atoms with E-state index in [2.05, 4.69) is 20.5 Å². The van der Waals surface area contributed by atoms with Crippen molar-refractivity contribution in [2.75, 3.05) is 13.1 Å². The van der Waals surface area contributed by atoms with E-state index in [0.717, 1.165) is 6.54 Å². The first kappa shape index (κ1) is 16.7. The molecule has 0 aromatic carbocycles. The highest BCUT2D eigenvalue weighted by atomic mass is 16.2. The van der Waals surface area contributed by atoms with Gasteiger partial charge >= 0.3 is 5.69 Å². The minimum absolute atomic E-state index is 0.0833. The lowest BCUT2D eigenvalue weighted by Gasteiger charge is -2.35. The predicted octanol–water partition coefficient (Wildman–Crippen LogP) is 0.533. The first-order chi connectivity index (χ1) is 11.6. The van der Waals surface area contributed by atoms with Crippen LogP contribution in [0.2, 0.25) is 0 Å².